The highest BCUT2D eigenvalue weighted by Gasteiger charge is 2.29. The molecule has 2 rings (SSSR count). The molecule has 1 aliphatic heterocycles. The van der Waals surface area contributed by atoms with Gasteiger partial charge in [0.05, 0.1) is 16.1 Å². The molecule has 17 heavy (non-hydrogen) atoms. The van der Waals surface area contributed by atoms with Crippen molar-refractivity contribution in [3.05, 3.63) is 33.8 Å². The third-order valence-corrected chi connectivity index (χ3v) is 3.90. The highest BCUT2D eigenvalue weighted by atomic mass is 35.5. The van der Waals surface area contributed by atoms with E-state index in [4.69, 9.17) is 23.2 Å². The second-order valence-corrected chi connectivity index (χ2v) is 5.00. The zero-order chi connectivity index (χ0) is 12.3. The minimum atomic E-state index is 0.209. The molecule has 3 nitrogen and oxygen atoms in total. The molecule has 0 bridgehead atoms. The van der Waals surface area contributed by atoms with E-state index in [1.807, 2.05) is 18.2 Å². The molecule has 1 aliphatic rings. The third kappa shape index (κ3) is 2.92. The van der Waals surface area contributed by atoms with Gasteiger partial charge in [0.25, 0.3) is 0 Å². The zero-order valence-electron chi connectivity index (χ0n) is 9.76. The normalized spacial score (nSPS) is 24.2. The third-order valence-electron chi connectivity index (χ3n) is 3.07. The second-order valence-electron chi connectivity index (χ2n) is 4.21. The second kappa shape index (κ2) is 6.03. The lowest BCUT2D eigenvalue weighted by molar-refractivity contribution is 0.447. The Morgan fingerprint density at radius 1 is 1.41 bits per heavy atom. The monoisotopic (exact) mass is 273 g/mol. The van der Waals surface area contributed by atoms with Crippen molar-refractivity contribution in [1.29, 1.82) is 0 Å². The van der Waals surface area contributed by atoms with Gasteiger partial charge in [-0.25, -0.2) is 5.43 Å². The van der Waals surface area contributed by atoms with Crippen molar-refractivity contribution in [2.24, 2.45) is 5.92 Å². The highest BCUT2D eigenvalue weighted by molar-refractivity contribution is 6.42. The Hall–Kier alpha value is -0.320. The van der Waals surface area contributed by atoms with Gasteiger partial charge in [0.1, 0.15) is 0 Å². The summed E-state index contributed by atoms with van der Waals surface area (Å²) in [4.78, 5) is 0. The summed E-state index contributed by atoms with van der Waals surface area (Å²) in [6.45, 7) is 4.98. The van der Waals surface area contributed by atoms with Gasteiger partial charge < -0.3 is 5.32 Å². The maximum absolute atomic E-state index is 6.25. The van der Waals surface area contributed by atoms with Crippen LogP contribution in [0.25, 0.3) is 0 Å². The van der Waals surface area contributed by atoms with Crippen molar-refractivity contribution in [2.45, 2.75) is 13.0 Å². The Bertz CT molecular complexity index is 384. The quantitative estimate of drug-likeness (QED) is 0.789. The van der Waals surface area contributed by atoms with E-state index in [1.54, 1.807) is 0 Å². The lowest BCUT2D eigenvalue weighted by Gasteiger charge is -2.20. The SMILES string of the molecule is CCNCC1CNNC1c1cccc(Cl)c1Cl. The topological polar surface area (TPSA) is 36.1 Å². The molecule has 5 heteroatoms. The molecule has 1 saturated heterocycles. The summed E-state index contributed by atoms with van der Waals surface area (Å²) in [5.41, 5.74) is 7.51. The van der Waals surface area contributed by atoms with Crippen LogP contribution >= 0.6 is 23.2 Å². The van der Waals surface area contributed by atoms with Gasteiger partial charge in [0.15, 0.2) is 0 Å². The maximum Gasteiger partial charge on any atom is 0.0640 e. The van der Waals surface area contributed by atoms with Crippen LogP contribution in [0.2, 0.25) is 10.0 Å². The minimum absolute atomic E-state index is 0.209. The number of hydrogen-bond donors (Lipinski definition) is 3. The van der Waals surface area contributed by atoms with Gasteiger partial charge in [-0.15, -0.1) is 0 Å². The summed E-state index contributed by atoms with van der Waals surface area (Å²) < 4.78 is 0. The Morgan fingerprint density at radius 2 is 2.24 bits per heavy atom. The smallest absolute Gasteiger partial charge is 0.0640 e. The number of benzene rings is 1. The largest absolute Gasteiger partial charge is 0.317 e. The van der Waals surface area contributed by atoms with Crippen LogP contribution in [0.3, 0.4) is 0 Å². The fraction of sp³-hybridized carbons (Fsp3) is 0.500. The molecule has 1 heterocycles. The van der Waals surface area contributed by atoms with Gasteiger partial charge in [0.2, 0.25) is 0 Å². The van der Waals surface area contributed by atoms with Crippen molar-refractivity contribution in [2.75, 3.05) is 19.6 Å². The molecular formula is C12H17Cl2N3. The fourth-order valence-electron chi connectivity index (χ4n) is 2.15. The fourth-order valence-corrected chi connectivity index (χ4v) is 2.57. The number of rotatable bonds is 4. The summed E-state index contributed by atoms with van der Waals surface area (Å²) in [7, 11) is 0. The van der Waals surface area contributed by atoms with Crippen molar-refractivity contribution in [3.63, 3.8) is 0 Å². The highest BCUT2D eigenvalue weighted by Crippen LogP contribution is 2.34. The molecular weight excluding hydrogens is 257 g/mol. The van der Waals surface area contributed by atoms with Crippen LogP contribution in [0.4, 0.5) is 0 Å². The molecule has 0 radical (unpaired) electrons. The van der Waals surface area contributed by atoms with Crippen molar-refractivity contribution < 1.29 is 0 Å². The van der Waals surface area contributed by atoms with E-state index < -0.39 is 0 Å². The number of hydrazine groups is 1. The molecule has 0 amide bonds. The number of halogens is 2. The molecule has 2 atom stereocenters. The molecule has 1 aromatic rings. The van der Waals surface area contributed by atoms with Crippen LogP contribution in [0.1, 0.15) is 18.5 Å². The van der Waals surface area contributed by atoms with Crippen molar-refractivity contribution in [1.82, 2.24) is 16.2 Å². The molecule has 0 aromatic heterocycles. The van der Waals surface area contributed by atoms with Crippen molar-refractivity contribution in [3.8, 4) is 0 Å². The van der Waals surface area contributed by atoms with Gasteiger partial charge in [-0.1, -0.05) is 42.3 Å². The number of hydrogen-bond acceptors (Lipinski definition) is 3. The van der Waals surface area contributed by atoms with E-state index in [0.29, 0.717) is 16.0 Å². The summed E-state index contributed by atoms with van der Waals surface area (Å²) >= 11 is 12.3. The number of nitrogens with one attached hydrogen (secondary N) is 3. The predicted molar refractivity (Wildman–Crippen MR) is 72.4 cm³/mol. The first-order chi connectivity index (χ1) is 8.24. The van der Waals surface area contributed by atoms with Gasteiger partial charge in [-0.2, -0.15) is 0 Å². The molecule has 2 unspecified atom stereocenters. The zero-order valence-corrected chi connectivity index (χ0v) is 11.3. The molecule has 3 N–H and O–H groups in total. The van der Waals surface area contributed by atoms with E-state index in [2.05, 4.69) is 23.1 Å². The van der Waals surface area contributed by atoms with Gasteiger partial charge in [-0.3, -0.25) is 5.43 Å². The van der Waals surface area contributed by atoms with E-state index in [0.717, 1.165) is 25.2 Å². The van der Waals surface area contributed by atoms with E-state index in [9.17, 15) is 0 Å². The Kier molecular flexibility index (Phi) is 4.65. The maximum atomic E-state index is 6.25. The van der Waals surface area contributed by atoms with E-state index >= 15 is 0 Å². The Labute approximate surface area is 112 Å². The predicted octanol–water partition coefficient (Wildman–Crippen LogP) is 2.37. The summed E-state index contributed by atoms with van der Waals surface area (Å²) in [5.74, 6) is 0.478. The average molecular weight is 274 g/mol. The van der Waals surface area contributed by atoms with E-state index in [1.165, 1.54) is 0 Å². The summed E-state index contributed by atoms with van der Waals surface area (Å²) in [6.07, 6.45) is 0. The molecule has 0 saturated carbocycles. The molecule has 0 aliphatic carbocycles. The van der Waals surface area contributed by atoms with Crippen LogP contribution in [-0.4, -0.2) is 19.6 Å². The lowest BCUT2D eigenvalue weighted by Crippen LogP contribution is -2.28. The van der Waals surface area contributed by atoms with Crippen LogP contribution in [0, 0.1) is 5.92 Å². The van der Waals surface area contributed by atoms with Crippen molar-refractivity contribution >= 4 is 23.2 Å². The Balaban J connectivity index is 2.17. The molecule has 0 spiro atoms. The van der Waals surface area contributed by atoms with Crippen LogP contribution in [-0.2, 0) is 0 Å². The average Bonchev–Trinajstić information content (AvgIpc) is 2.78. The standard InChI is InChI=1S/C12H17Cl2N3/c1-2-15-6-8-7-16-17-12(8)9-4-3-5-10(13)11(9)14/h3-5,8,12,15-17H,2,6-7H2,1H3. The lowest BCUT2D eigenvalue weighted by atomic mass is 9.95. The van der Waals surface area contributed by atoms with Crippen LogP contribution < -0.4 is 16.2 Å². The Morgan fingerprint density at radius 3 is 3.00 bits per heavy atom. The molecule has 1 aromatic carbocycles. The first kappa shape index (κ1) is 13.1. The van der Waals surface area contributed by atoms with Crippen LogP contribution in [0.15, 0.2) is 18.2 Å². The van der Waals surface area contributed by atoms with Gasteiger partial charge >= 0.3 is 0 Å². The van der Waals surface area contributed by atoms with Gasteiger partial charge in [0, 0.05) is 19.0 Å². The summed E-state index contributed by atoms with van der Waals surface area (Å²) in [5, 5.41) is 4.63. The van der Waals surface area contributed by atoms with Crippen LogP contribution in [0.5, 0.6) is 0 Å². The molecule has 94 valence electrons. The van der Waals surface area contributed by atoms with E-state index in [-0.39, 0.29) is 6.04 Å². The molecule has 1 fully saturated rings. The summed E-state index contributed by atoms with van der Waals surface area (Å²) in [6, 6.07) is 5.99. The van der Waals surface area contributed by atoms with Gasteiger partial charge in [-0.05, 0) is 18.2 Å². The minimum Gasteiger partial charge on any atom is -0.317 e. The first-order valence-corrected chi connectivity index (χ1v) is 6.62. The first-order valence-electron chi connectivity index (χ1n) is 5.87.